The molecule has 1 fully saturated rings. The highest BCUT2D eigenvalue weighted by Gasteiger charge is 2.45. The van der Waals surface area contributed by atoms with Crippen molar-refractivity contribution < 1.29 is 4.74 Å². The molecule has 2 aliphatic heterocycles. The zero-order valence-corrected chi connectivity index (χ0v) is 17.0. The van der Waals surface area contributed by atoms with Gasteiger partial charge in [-0.15, -0.1) is 11.3 Å². The molecule has 3 atom stereocenters. The second-order valence-corrected chi connectivity index (χ2v) is 9.38. The Morgan fingerprint density at radius 3 is 3.04 bits per heavy atom. The first-order valence-electron chi connectivity index (χ1n) is 9.10. The molecule has 1 saturated heterocycles. The number of hydrogen-bond acceptors (Lipinski definition) is 6. The highest BCUT2D eigenvalue weighted by atomic mass is 35.5. The Bertz CT molecular complexity index is 796. The molecular formula is C19H25ClN4OS. The lowest BCUT2D eigenvalue weighted by Crippen LogP contribution is -2.49. The van der Waals surface area contributed by atoms with Gasteiger partial charge in [-0.1, -0.05) is 11.6 Å². The number of rotatable bonds is 2. The lowest BCUT2D eigenvalue weighted by atomic mass is 9.71. The van der Waals surface area contributed by atoms with Crippen LogP contribution >= 0.6 is 22.9 Å². The van der Waals surface area contributed by atoms with Gasteiger partial charge in [-0.3, -0.25) is 0 Å². The van der Waals surface area contributed by atoms with Crippen molar-refractivity contribution >= 4 is 28.9 Å². The first-order valence-corrected chi connectivity index (χ1v) is 10.3. The monoisotopic (exact) mass is 392 g/mol. The fourth-order valence-electron chi connectivity index (χ4n) is 4.33. The molecule has 1 spiro atoms. The van der Waals surface area contributed by atoms with E-state index < -0.39 is 0 Å². The van der Waals surface area contributed by atoms with Gasteiger partial charge >= 0.3 is 0 Å². The van der Waals surface area contributed by atoms with Gasteiger partial charge in [0.1, 0.15) is 0 Å². The Morgan fingerprint density at radius 2 is 2.23 bits per heavy atom. The molecule has 0 aromatic carbocycles. The van der Waals surface area contributed by atoms with Gasteiger partial charge in [-0.25, -0.2) is 9.97 Å². The van der Waals surface area contributed by atoms with Crippen LogP contribution in [0, 0.1) is 0 Å². The topological polar surface area (TPSA) is 50.3 Å². The number of halogens is 1. The van der Waals surface area contributed by atoms with Gasteiger partial charge in [0.15, 0.2) is 0 Å². The van der Waals surface area contributed by atoms with E-state index in [9.17, 15) is 0 Å². The Morgan fingerprint density at radius 1 is 1.38 bits per heavy atom. The van der Waals surface area contributed by atoms with Crippen molar-refractivity contribution in [3.63, 3.8) is 0 Å². The van der Waals surface area contributed by atoms with Crippen molar-refractivity contribution in [3.05, 3.63) is 38.8 Å². The number of nitrogens with one attached hydrogen (secondary N) is 1. The average Bonchev–Trinajstić information content (AvgIpc) is 2.93. The first-order chi connectivity index (χ1) is 12.5. The number of anilines is 1. The number of aromatic nitrogens is 2. The van der Waals surface area contributed by atoms with E-state index in [2.05, 4.69) is 23.3 Å². The first kappa shape index (κ1) is 18.2. The van der Waals surface area contributed by atoms with Crippen LogP contribution in [0.1, 0.15) is 41.9 Å². The van der Waals surface area contributed by atoms with E-state index in [-0.39, 0.29) is 11.5 Å². The highest BCUT2D eigenvalue weighted by Crippen LogP contribution is 2.48. The molecule has 3 unspecified atom stereocenters. The standard InChI is InChI=1S/C19H25ClN4OS/c1-12-9-19(11-25-7-5-13-8-16(20)26-17(13)19)10-15(22-12)14-4-6-21-18(23-14)24(2)3/h4,6,8,12,15,22H,5,7,9-11H2,1-3H3. The summed E-state index contributed by atoms with van der Waals surface area (Å²) in [6.45, 7) is 3.78. The van der Waals surface area contributed by atoms with Crippen molar-refractivity contribution in [2.45, 2.75) is 43.7 Å². The number of fused-ring (bicyclic) bond motifs is 2. The molecule has 2 aliphatic rings. The summed E-state index contributed by atoms with van der Waals surface area (Å²) in [6, 6.07) is 4.71. The molecule has 140 valence electrons. The fourth-order valence-corrected chi connectivity index (χ4v) is 5.82. The van der Waals surface area contributed by atoms with Gasteiger partial charge in [-0.05, 0) is 43.9 Å². The van der Waals surface area contributed by atoms with E-state index in [1.54, 1.807) is 11.3 Å². The zero-order chi connectivity index (χ0) is 18.3. The minimum atomic E-state index is 0.00219. The predicted octanol–water partition coefficient (Wildman–Crippen LogP) is 3.58. The summed E-state index contributed by atoms with van der Waals surface area (Å²) in [5.41, 5.74) is 2.41. The van der Waals surface area contributed by atoms with E-state index >= 15 is 0 Å². The van der Waals surface area contributed by atoms with Crippen LogP contribution in [0.15, 0.2) is 18.3 Å². The van der Waals surface area contributed by atoms with Crippen LogP contribution in [-0.2, 0) is 16.6 Å². The van der Waals surface area contributed by atoms with Crippen molar-refractivity contribution in [1.29, 1.82) is 0 Å². The molecule has 1 N–H and O–H groups in total. The smallest absolute Gasteiger partial charge is 0.225 e. The van der Waals surface area contributed by atoms with Gasteiger partial charge in [0.05, 0.1) is 29.3 Å². The van der Waals surface area contributed by atoms with Gasteiger partial charge in [0.2, 0.25) is 5.95 Å². The minimum absolute atomic E-state index is 0.00219. The molecule has 2 aromatic heterocycles. The highest BCUT2D eigenvalue weighted by molar-refractivity contribution is 7.16. The molecule has 0 saturated carbocycles. The van der Waals surface area contributed by atoms with Gasteiger partial charge in [-0.2, -0.15) is 0 Å². The van der Waals surface area contributed by atoms with E-state index in [1.807, 2.05) is 31.3 Å². The van der Waals surface area contributed by atoms with E-state index in [0.29, 0.717) is 6.04 Å². The Hall–Kier alpha value is -1.21. The lowest BCUT2D eigenvalue weighted by molar-refractivity contribution is 0.0603. The molecule has 7 heteroatoms. The summed E-state index contributed by atoms with van der Waals surface area (Å²) < 4.78 is 6.94. The molecule has 0 bridgehead atoms. The quantitative estimate of drug-likeness (QED) is 0.846. The molecule has 2 aromatic rings. The second kappa shape index (κ2) is 7.08. The summed E-state index contributed by atoms with van der Waals surface area (Å²) in [5, 5.41) is 3.74. The van der Waals surface area contributed by atoms with Crippen LogP contribution in [0.2, 0.25) is 4.34 Å². The van der Waals surface area contributed by atoms with Crippen molar-refractivity contribution in [2.75, 3.05) is 32.2 Å². The van der Waals surface area contributed by atoms with Crippen LogP contribution in [0.4, 0.5) is 5.95 Å². The molecule has 0 aliphatic carbocycles. The van der Waals surface area contributed by atoms with E-state index in [4.69, 9.17) is 21.3 Å². The molecule has 5 nitrogen and oxygen atoms in total. The second-order valence-electron chi connectivity index (χ2n) is 7.69. The van der Waals surface area contributed by atoms with Crippen molar-refractivity contribution in [1.82, 2.24) is 15.3 Å². The maximum Gasteiger partial charge on any atom is 0.225 e. The average molecular weight is 393 g/mol. The SMILES string of the molecule is CC1CC2(COCCc3cc(Cl)sc32)CC(c2ccnc(N(C)C)n2)N1. The van der Waals surface area contributed by atoms with Crippen LogP contribution in [0.3, 0.4) is 0 Å². The van der Waals surface area contributed by atoms with Crippen LogP contribution in [0.25, 0.3) is 0 Å². The van der Waals surface area contributed by atoms with Crippen LogP contribution in [-0.4, -0.2) is 43.3 Å². The fraction of sp³-hybridized carbons (Fsp3) is 0.579. The summed E-state index contributed by atoms with van der Waals surface area (Å²) in [6.07, 6.45) is 4.82. The maximum atomic E-state index is 6.39. The van der Waals surface area contributed by atoms with Gasteiger partial charge in [0, 0.05) is 36.6 Å². The van der Waals surface area contributed by atoms with Crippen molar-refractivity contribution in [3.8, 4) is 0 Å². The minimum Gasteiger partial charge on any atom is -0.380 e. The number of hydrogen-bond donors (Lipinski definition) is 1. The molecule has 26 heavy (non-hydrogen) atoms. The van der Waals surface area contributed by atoms with E-state index in [0.717, 1.165) is 48.5 Å². The molecular weight excluding hydrogens is 368 g/mol. The number of ether oxygens (including phenoxy) is 1. The zero-order valence-electron chi connectivity index (χ0n) is 15.5. The third-order valence-electron chi connectivity index (χ3n) is 5.35. The van der Waals surface area contributed by atoms with Crippen molar-refractivity contribution in [2.24, 2.45) is 0 Å². The Kier molecular flexibility index (Phi) is 4.94. The summed E-state index contributed by atoms with van der Waals surface area (Å²) in [5.74, 6) is 0.744. The summed E-state index contributed by atoms with van der Waals surface area (Å²) in [4.78, 5) is 12.5. The molecule has 0 amide bonds. The van der Waals surface area contributed by atoms with Gasteiger partial charge in [0.25, 0.3) is 0 Å². The number of piperidine rings is 1. The third-order valence-corrected chi connectivity index (χ3v) is 6.91. The molecule has 0 radical (unpaired) electrons. The Labute approximate surface area is 163 Å². The number of nitrogens with zero attached hydrogens (tertiary/aromatic N) is 3. The predicted molar refractivity (Wildman–Crippen MR) is 106 cm³/mol. The third kappa shape index (κ3) is 3.36. The summed E-state index contributed by atoms with van der Waals surface area (Å²) in [7, 11) is 3.94. The largest absolute Gasteiger partial charge is 0.380 e. The van der Waals surface area contributed by atoms with Crippen LogP contribution < -0.4 is 10.2 Å². The normalized spacial score (nSPS) is 28.6. The maximum absolute atomic E-state index is 6.39. The summed E-state index contributed by atoms with van der Waals surface area (Å²) >= 11 is 8.12. The molecule has 4 heterocycles. The van der Waals surface area contributed by atoms with Gasteiger partial charge < -0.3 is 15.0 Å². The van der Waals surface area contributed by atoms with E-state index in [1.165, 1.54) is 10.4 Å². The van der Waals surface area contributed by atoms with Crippen LogP contribution in [0.5, 0.6) is 0 Å². The lowest BCUT2D eigenvalue weighted by Gasteiger charge is -2.43. The Balaban J connectivity index is 1.72. The molecule has 4 rings (SSSR count). The number of thiophene rings is 1.